The summed E-state index contributed by atoms with van der Waals surface area (Å²) in [6, 6.07) is 11.6. The maximum atomic E-state index is 5.58. The predicted octanol–water partition coefficient (Wildman–Crippen LogP) is 5.84. The first kappa shape index (κ1) is 19.0. The van der Waals surface area contributed by atoms with E-state index >= 15 is 0 Å². The number of rotatable bonds is 6. The van der Waals surface area contributed by atoms with Crippen LogP contribution in [0.3, 0.4) is 0 Å². The van der Waals surface area contributed by atoms with Crippen LogP contribution in [0.2, 0.25) is 0 Å². The summed E-state index contributed by atoms with van der Waals surface area (Å²) in [5, 5.41) is 7.34. The van der Waals surface area contributed by atoms with Crippen molar-refractivity contribution in [2.75, 3.05) is 23.7 Å². The third kappa shape index (κ3) is 4.25. The number of piperidine rings is 1. The van der Waals surface area contributed by atoms with Crippen molar-refractivity contribution in [3.63, 3.8) is 0 Å². The molecule has 1 saturated carbocycles. The number of nitrogens with one attached hydrogen (secondary N) is 2. The average Bonchev–Trinajstić information content (AvgIpc) is 2.74. The molecule has 3 nitrogen and oxygen atoms in total. The van der Waals surface area contributed by atoms with Gasteiger partial charge in [0.15, 0.2) is 0 Å². The van der Waals surface area contributed by atoms with Crippen LogP contribution in [0.5, 0.6) is 0 Å². The van der Waals surface area contributed by atoms with Gasteiger partial charge < -0.3 is 10.6 Å². The molecule has 2 fully saturated rings. The Hall–Kier alpha value is -1.30. The lowest BCUT2D eigenvalue weighted by molar-refractivity contribution is 0.121. The zero-order chi connectivity index (χ0) is 18.6. The van der Waals surface area contributed by atoms with E-state index < -0.39 is 0 Å². The van der Waals surface area contributed by atoms with Crippen LogP contribution < -0.4 is 10.6 Å². The van der Waals surface area contributed by atoms with Gasteiger partial charge in [0.05, 0.1) is 20.4 Å². The van der Waals surface area contributed by atoms with E-state index in [1.807, 2.05) is 6.07 Å². The summed E-state index contributed by atoms with van der Waals surface area (Å²) in [6.07, 6.45) is 9.26. The molecule has 2 aliphatic rings. The van der Waals surface area contributed by atoms with E-state index in [0.717, 1.165) is 26.9 Å². The number of benzene rings is 1. The molecule has 4 rings (SSSR count). The Kier molecular flexibility index (Phi) is 6.21. The van der Waals surface area contributed by atoms with Crippen molar-refractivity contribution in [3.05, 3.63) is 44.9 Å². The molecule has 2 aromatic carbocycles. The van der Waals surface area contributed by atoms with Crippen LogP contribution in [-0.2, 0) is 6.54 Å². The van der Waals surface area contributed by atoms with Crippen LogP contribution in [0.25, 0.3) is 0 Å². The van der Waals surface area contributed by atoms with Crippen molar-refractivity contribution in [2.24, 2.45) is 0 Å². The van der Waals surface area contributed by atoms with Crippen molar-refractivity contribution < 1.29 is 0 Å². The number of hydrogen-bond donors (Lipinski definition) is 2. The van der Waals surface area contributed by atoms with Crippen molar-refractivity contribution in [1.82, 2.24) is 4.90 Å². The molecule has 1 heterocycles. The Morgan fingerprint density at radius 3 is 2.33 bits per heavy atom. The van der Waals surface area contributed by atoms with Gasteiger partial charge in [0.1, 0.15) is 0 Å². The van der Waals surface area contributed by atoms with Crippen LogP contribution >= 0.6 is 24.4 Å². The fourth-order valence-corrected chi connectivity index (χ4v) is 5.18. The van der Waals surface area contributed by atoms with Gasteiger partial charge in [-0.2, -0.15) is 0 Å². The molecule has 27 heavy (non-hydrogen) atoms. The summed E-state index contributed by atoms with van der Waals surface area (Å²) in [7, 11) is 0. The quantitative estimate of drug-likeness (QED) is 0.595. The van der Waals surface area contributed by atoms with Crippen LogP contribution in [-0.4, -0.2) is 30.1 Å². The van der Waals surface area contributed by atoms with E-state index in [4.69, 9.17) is 24.4 Å². The van der Waals surface area contributed by atoms with Gasteiger partial charge in [0.25, 0.3) is 0 Å². The van der Waals surface area contributed by atoms with E-state index in [1.54, 1.807) is 0 Å². The molecule has 0 unspecified atom stereocenters. The standard InChI is InChI=1S/C22H29N3S2/c26-21-19(23-15-16-9-3-1-4-10-16)20(22(21)27)24-17-11-5-6-12-18(17)25-13-7-2-8-14-25/h1,3-4,9-10,17-18,23-24H,2,5-8,11-15H2/t17-,18-/m1/s1. The molecular weight excluding hydrogens is 370 g/mol. The Labute approximate surface area is 172 Å². The SMILES string of the molecule is S=c1c(NCc2ccccc2)c(N[C@@H]2CCCC[C@H]2N2CCCCC2)c1=S. The van der Waals surface area contributed by atoms with Crippen LogP contribution in [0.1, 0.15) is 50.5 Å². The molecule has 1 aliphatic heterocycles. The lowest BCUT2D eigenvalue weighted by Crippen LogP contribution is -2.50. The molecule has 5 heteroatoms. The van der Waals surface area contributed by atoms with Gasteiger partial charge in [-0.3, -0.25) is 4.90 Å². The molecule has 0 radical (unpaired) electrons. The molecule has 2 N–H and O–H groups in total. The monoisotopic (exact) mass is 399 g/mol. The maximum absolute atomic E-state index is 5.58. The first-order chi connectivity index (χ1) is 13.2. The minimum absolute atomic E-state index is 0.487. The highest BCUT2D eigenvalue weighted by molar-refractivity contribution is 7.74. The van der Waals surface area contributed by atoms with Gasteiger partial charge in [0, 0.05) is 18.6 Å². The van der Waals surface area contributed by atoms with Gasteiger partial charge >= 0.3 is 0 Å². The Bertz CT molecular complexity index is 820. The Balaban J connectivity index is 1.45. The van der Waals surface area contributed by atoms with Crippen LogP contribution in [0, 0.1) is 9.02 Å². The molecule has 0 aromatic heterocycles. The molecule has 2 aromatic rings. The molecule has 1 aliphatic carbocycles. The highest BCUT2D eigenvalue weighted by Crippen LogP contribution is 2.36. The minimum Gasteiger partial charge on any atom is -0.378 e. The van der Waals surface area contributed by atoms with Gasteiger partial charge in [-0.05, 0) is 44.3 Å². The summed E-state index contributed by atoms with van der Waals surface area (Å²) < 4.78 is 1.65. The fourth-order valence-electron chi connectivity index (χ4n) is 4.64. The highest BCUT2D eigenvalue weighted by Gasteiger charge is 2.32. The van der Waals surface area contributed by atoms with Crippen molar-refractivity contribution in [3.8, 4) is 0 Å². The van der Waals surface area contributed by atoms with Crippen LogP contribution in [0.15, 0.2) is 30.3 Å². The Morgan fingerprint density at radius 1 is 0.852 bits per heavy atom. The fraction of sp³-hybridized carbons (Fsp3) is 0.545. The number of anilines is 2. The molecule has 0 amide bonds. The summed E-state index contributed by atoms with van der Waals surface area (Å²) in [4.78, 5) is 2.72. The zero-order valence-corrected chi connectivity index (χ0v) is 17.5. The summed E-state index contributed by atoms with van der Waals surface area (Å²) in [6.45, 7) is 3.29. The second kappa shape index (κ2) is 8.80. The molecule has 2 atom stereocenters. The summed E-state index contributed by atoms with van der Waals surface area (Å²) >= 11 is 11.1. The van der Waals surface area contributed by atoms with E-state index in [1.165, 1.54) is 63.6 Å². The highest BCUT2D eigenvalue weighted by atomic mass is 32.1. The molecule has 144 valence electrons. The van der Waals surface area contributed by atoms with Crippen molar-refractivity contribution in [1.29, 1.82) is 0 Å². The average molecular weight is 400 g/mol. The Morgan fingerprint density at radius 2 is 1.56 bits per heavy atom. The van der Waals surface area contributed by atoms with Gasteiger partial charge in [0.2, 0.25) is 0 Å². The summed E-state index contributed by atoms with van der Waals surface area (Å²) in [5.41, 5.74) is 3.38. The van der Waals surface area contributed by atoms with Gasteiger partial charge in [-0.15, -0.1) is 0 Å². The second-order valence-corrected chi connectivity index (χ2v) is 8.76. The minimum atomic E-state index is 0.487. The topological polar surface area (TPSA) is 27.3 Å². The molecular formula is C22H29N3S2. The second-order valence-electron chi connectivity index (χ2n) is 7.95. The first-order valence-corrected chi connectivity index (χ1v) is 11.2. The summed E-state index contributed by atoms with van der Waals surface area (Å²) in [5.74, 6) is 0. The van der Waals surface area contributed by atoms with E-state index in [9.17, 15) is 0 Å². The number of likely N-dealkylation sites (tertiary alicyclic amines) is 1. The smallest absolute Gasteiger partial charge is 0.0832 e. The normalized spacial score (nSPS) is 24.0. The van der Waals surface area contributed by atoms with E-state index in [-0.39, 0.29) is 0 Å². The lowest BCUT2D eigenvalue weighted by Gasteiger charge is -2.42. The lowest BCUT2D eigenvalue weighted by atomic mass is 9.87. The molecule has 0 bridgehead atoms. The predicted molar refractivity (Wildman–Crippen MR) is 119 cm³/mol. The molecule has 1 saturated heterocycles. The zero-order valence-electron chi connectivity index (χ0n) is 15.9. The van der Waals surface area contributed by atoms with E-state index in [0.29, 0.717) is 12.1 Å². The van der Waals surface area contributed by atoms with Crippen molar-refractivity contribution >= 4 is 35.8 Å². The maximum Gasteiger partial charge on any atom is 0.0832 e. The van der Waals surface area contributed by atoms with Gasteiger partial charge in [-0.25, -0.2) is 0 Å². The number of nitrogens with zero attached hydrogens (tertiary/aromatic N) is 1. The third-order valence-corrected chi connectivity index (χ3v) is 7.09. The first-order valence-electron chi connectivity index (χ1n) is 10.4. The van der Waals surface area contributed by atoms with E-state index in [2.05, 4.69) is 39.8 Å². The number of hydrogen-bond acceptors (Lipinski definition) is 5. The van der Waals surface area contributed by atoms with Gasteiger partial charge in [-0.1, -0.05) is 74.0 Å². The third-order valence-electron chi connectivity index (χ3n) is 6.14. The van der Waals surface area contributed by atoms with Crippen molar-refractivity contribution in [2.45, 2.75) is 63.6 Å². The largest absolute Gasteiger partial charge is 0.378 e. The van der Waals surface area contributed by atoms with Crippen LogP contribution in [0.4, 0.5) is 11.4 Å². The molecule has 0 spiro atoms.